The van der Waals surface area contributed by atoms with Gasteiger partial charge in [0.2, 0.25) is 0 Å². The van der Waals surface area contributed by atoms with Crippen LogP contribution < -0.4 is 0 Å². The Bertz CT molecular complexity index is 594. The Hall–Kier alpha value is -1.83. The number of ether oxygens (including phenoxy) is 1. The third kappa shape index (κ3) is 15.0. The van der Waals surface area contributed by atoms with Crippen LogP contribution in [0.25, 0.3) is 0 Å². The lowest BCUT2D eigenvalue weighted by Crippen LogP contribution is -2.05. The van der Waals surface area contributed by atoms with Gasteiger partial charge in [-0.05, 0) is 93.1 Å². The molecule has 0 aliphatic carbocycles. The summed E-state index contributed by atoms with van der Waals surface area (Å²) in [4.78, 5) is 11.6. The van der Waals surface area contributed by atoms with Gasteiger partial charge in [-0.2, -0.15) is 0 Å². The Morgan fingerprint density at radius 3 is 1.59 bits per heavy atom. The van der Waals surface area contributed by atoms with Gasteiger partial charge >= 0.3 is 5.97 Å². The molecule has 0 unspecified atom stereocenters. The first-order chi connectivity index (χ1) is 12.8. The first kappa shape index (κ1) is 25.2. The van der Waals surface area contributed by atoms with E-state index in [1.165, 1.54) is 22.3 Å². The molecule has 0 aliphatic heterocycles. The van der Waals surface area contributed by atoms with E-state index < -0.39 is 0 Å². The maximum atomic E-state index is 11.6. The predicted octanol–water partition coefficient (Wildman–Crippen LogP) is 7.64. The molecule has 0 spiro atoms. The molecule has 2 heteroatoms. The lowest BCUT2D eigenvalue weighted by atomic mass is 10.0. The summed E-state index contributed by atoms with van der Waals surface area (Å²) in [6, 6.07) is 0. The molecule has 0 heterocycles. The second-order valence-corrected chi connectivity index (χ2v) is 7.62. The maximum absolute atomic E-state index is 11.6. The smallest absolute Gasteiger partial charge is 0.333 e. The minimum atomic E-state index is -0.235. The second kappa shape index (κ2) is 15.2. The van der Waals surface area contributed by atoms with E-state index in [2.05, 4.69) is 52.8 Å². The van der Waals surface area contributed by atoms with Crippen molar-refractivity contribution in [3.63, 3.8) is 0 Å². The number of allylic oxidation sites excluding steroid dienone is 8. The van der Waals surface area contributed by atoms with Crippen molar-refractivity contribution in [2.45, 2.75) is 87.0 Å². The normalized spacial score (nSPS) is 13.6. The molecule has 0 aromatic heterocycles. The maximum Gasteiger partial charge on any atom is 0.333 e. The molecule has 0 saturated heterocycles. The van der Waals surface area contributed by atoms with E-state index >= 15 is 0 Å². The Morgan fingerprint density at radius 2 is 1.15 bits per heavy atom. The Morgan fingerprint density at radius 1 is 0.704 bits per heavy atom. The summed E-state index contributed by atoms with van der Waals surface area (Å²) in [5.74, 6) is -0.235. The summed E-state index contributed by atoms with van der Waals surface area (Å²) >= 11 is 0. The van der Waals surface area contributed by atoms with Gasteiger partial charge in [-0.25, -0.2) is 4.79 Å². The van der Waals surface area contributed by atoms with Crippen molar-refractivity contribution in [1.29, 1.82) is 0 Å². The summed E-state index contributed by atoms with van der Waals surface area (Å²) in [6.07, 6.45) is 17.4. The van der Waals surface area contributed by atoms with Gasteiger partial charge in [0.15, 0.2) is 0 Å². The first-order valence-corrected chi connectivity index (χ1v) is 10.2. The summed E-state index contributed by atoms with van der Waals surface area (Å²) < 4.78 is 5.20. The van der Waals surface area contributed by atoms with E-state index in [-0.39, 0.29) is 5.97 Å². The van der Waals surface area contributed by atoms with E-state index in [4.69, 9.17) is 4.74 Å². The Labute approximate surface area is 167 Å². The van der Waals surface area contributed by atoms with Crippen molar-refractivity contribution in [2.75, 3.05) is 6.61 Å². The average Bonchev–Trinajstić information content (AvgIpc) is 2.60. The second-order valence-electron chi connectivity index (χ2n) is 7.62. The van der Waals surface area contributed by atoms with Crippen LogP contribution in [-0.2, 0) is 9.53 Å². The molecule has 0 saturated carbocycles. The van der Waals surface area contributed by atoms with Crippen molar-refractivity contribution in [1.82, 2.24) is 0 Å². The van der Waals surface area contributed by atoms with Crippen LogP contribution in [0.2, 0.25) is 0 Å². The molecule has 0 N–H and O–H groups in total. The first-order valence-electron chi connectivity index (χ1n) is 10.2. The molecule has 0 atom stereocenters. The van der Waals surface area contributed by atoms with Gasteiger partial charge in [-0.3, -0.25) is 0 Å². The zero-order chi connectivity index (χ0) is 20.7. The van der Waals surface area contributed by atoms with E-state index in [1.807, 2.05) is 13.0 Å². The van der Waals surface area contributed by atoms with Crippen molar-refractivity contribution < 1.29 is 9.53 Å². The van der Waals surface area contributed by atoms with Crippen LogP contribution in [0.5, 0.6) is 0 Å². The van der Waals surface area contributed by atoms with Gasteiger partial charge in [0, 0.05) is 5.57 Å². The van der Waals surface area contributed by atoms with Gasteiger partial charge in [-0.1, -0.05) is 46.6 Å². The molecule has 0 bridgehead atoms. The van der Waals surface area contributed by atoms with E-state index in [9.17, 15) is 4.79 Å². The number of rotatable bonds is 12. The van der Waals surface area contributed by atoms with Crippen LogP contribution in [0.1, 0.15) is 87.0 Å². The van der Waals surface area contributed by atoms with Crippen LogP contribution in [-0.4, -0.2) is 12.6 Å². The summed E-state index contributed by atoms with van der Waals surface area (Å²) in [6.45, 7) is 14.8. The molecular formula is C25H40O2. The average molecular weight is 373 g/mol. The molecular weight excluding hydrogens is 332 g/mol. The van der Waals surface area contributed by atoms with Crippen molar-refractivity contribution in [2.24, 2.45) is 0 Å². The van der Waals surface area contributed by atoms with Crippen LogP contribution in [0.15, 0.2) is 58.2 Å². The summed E-state index contributed by atoms with van der Waals surface area (Å²) in [7, 11) is 0. The predicted molar refractivity (Wildman–Crippen MR) is 119 cm³/mol. The molecule has 27 heavy (non-hydrogen) atoms. The third-order valence-corrected chi connectivity index (χ3v) is 4.56. The van der Waals surface area contributed by atoms with E-state index in [0.717, 1.165) is 38.5 Å². The van der Waals surface area contributed by atoms with Gasteiger partial charge in [-0.15, -0.1) is 0 Å². The zero-order valence-corrected chi connectivity index (χ0v) is 18.7. The fourth-order valence-corrected chi connectivity index (χ4v) is 2.48. The molecule has 0 rings (SSSR count). The molecule has 0 fully saturated rings. The highest BCUT2D eigenvalue weighted by molar-refractivity contribution is 5.87. The van der Waals surface area contributed by atoms with Crippen LogP contribution in [0.3, 0.4) is 0 Å². The fourth-order valence-electron chi connectivity index (χ4n) is 2.48. The van der Waals surface area contributed by atoms with Crippen LogP contribution in [0.4, 0.5) is 0 Å². The third-order valence-electron chi connectivity index (χ3n) is 4.56. The molecule has 0 aromatic carbocycles. The molecule has 0 radical (unpaired) electrons. The minimum absolute atomic E-state index is 0.235. The van der Waals surface area contributed by atoms with Gasteiger partial charge in [0.25, 0.3) is 0 Å². The minimum Gasteiger partial charge on any atom is -0.458 e. The van der Waals surface area contributed by atoms with Crippen molar-refractivity contribution >= 4 is 5.97 Å². The molecule has 0 aromatic rings. The SMILES string of the molecule is C/C=C(\C)C(=O)OC/C=C(\C)CCC=C(C)CC/C=C(\C)CCC=C(C)C. The van der Waals surface area contributed by atoms with E-state index in [0.29, 0.717) is 12.2 Å². The summed E-state index contributed by atoms with van der Waals surface area (Å²) in [5.41, 5.74) is 6.26. The van der Waals surface area contributed by atoms with Gasteiger partial charge < -0.3 is 4.74 Å². The number of carbonyl (C=O) groups is 1. The highest BCUT2D eigenvalue weighted by Crippen LogP contribution is 2.13. The molecule has 0 aliphatic rings. The largest absolute Gasteiger partial charge is 0.458 e. The highest BCUT2D eigenvalue weighted by atomic mass is 16.5. The Balaban J connectivity index is 4.08. The number of hydrogen-bond acceptors (Lipinski definition) is 2. The van der Waals surface area contributed by atoms with E-state index in [1.54, 1.807) is 13.0 Å². The van der Waals surface area contributed by atoms with Crippen LogP contribution in [0, 0.1) is 0 Å². The van der Waals surface area contributed by atoms with Crippen LogP contribution >= 0.6 is 0 Å². The molecule has 2 nitrogen and oxygen atoms in total. The quantitative estimate of drug-likeness (QED) is 0.200. The van der Waals surface area contributed by atoms with Crippen molar-refractivity contribution in [3.05, 3.63) is 58.2 Å². The topological polar surface area (TPSA) is 26.3 Å². The number of carbonyl (C=O) groups excluding carboxylic acids is 1. The monoisotopic (exact) mass is 372 g/mol. The fraction of sp³-hybridized carbons (Fsp3) is 0.560. The highest BCUT2D eigenvalue weighted by Gasteiger charge is 2.02. The van der Waals surface area contributed by atoms with Gasteiger partial charge in [0.05, 0.1) is 0 Å². The summed E-state index contributed by atoms with van der Waals surface area (Å²) in [5, 5.41) is 0. The Kier molecular flexibility index (Phi) is 14.2. The molecule has 0 amide bonds. The standard InChI is InChI=1S/C25H40O2/c1-8-24(7)25(26)27-19-18-23(6)17-11-16-22(5)15-10-14-21(4)13-9-12-20(2)3/h8,12,14,16,18H,9-11,13,15,17,19H2,1-7H3/b21-14+,22-16?,23-18+,24-8+. The zero-order valence-electron chi connectivity index (χ0n) is 18.7. The number of esters is 1. The molecule has 152 valence electrons. The van der Waals surface area contributed by atoms with Crippen molar-refractivity contribution in [3.8, 4) is 0 Å². The number of hydrogen-bond donors (Lipinski definition) is 0. The van der Waals surface area contributed by atoms with Gasteiger partial charge in [0.1, 0.15) is 6.61 Å². The lowest BCUT2D eigenvalue weighted by Gasteiger charge is -2.04. The lowest BCUT2D eigenvalue weighted by molar-refractivity contribution is -0.137.